The Kier molecular flexibility index (Phi) is 14.4. The van der Waals surface area contributed by atoms with Crippen LogP contribution in [0.25, 0.3) is 53.9 Å². The minimum absolute atomic E-state index is 0.0171. The van der Waals surface area contributed by atoms with Gasteiger partial charge in [0.1, 0.15) is 45.4 Å². The van der Waals surface area contributed by atoms with E-state index in [4.69, 9.17) is 9.98 Å². The lowest BCUT2D eigenvalue weighted by atomic mass is 9.57. The van der Waals surface area contributed by atoms with Gasteiger partial charge in [0.05, 0.1) is 0 Å². The summed E-state index contributed by atoms with van der Waals surface area (Å²) in [6.45, 7) is 0. The van der Waals surface area contributed by atoms with Gasteiger partial charge in [-0.25, -0.2) is 9.98 Å². The van der Waals surface area contributed by atoms with Crippen molar-refractivity contribution in [3.63, 3.8) is 0 Å². The van der Waals surface area contributed by atoms with Gasteiger partial charge in [0, 0.05) is 74.6 Å². The van der Waals surface area contributed by atoms with Crippen molar-refractivity contribution in [2.75, 3.05) is 0 Å². The SMILES string of the molecule is N#CC(C#N)=Cc1cc2c(s1)-c1cc3c(cc1C21CCCCC1)-c1sc(C=C(C#N)C#N)cc1C31CCCC(C2CCC3(CC2)c2cc4c(cc2-c2sc(N=C5C(=O)C6CC7CCCCC7CC6C5=O)cc23)C2(CCCCC2)c2cc(N=C3C(=O)C5CC6CCCCC6CC5C3=O)sc2-4)C1. The molecule has 502 valence electrons. The quantitative estimate of drug-likeness (QED) is 0.152. The maximum absolute atomic E-state index is 14.6. The van der Waals surface area contributed by atoms with Gasteiger partial charge in [-0.05, 0) is 253 Å². The van der Waals surface area contributed by atoms with E-state index in [0.717, 1.165) is 161 Å². The maximum atomic E-state index is 14.6. The van der Waals surface area contributed by atoms with Gasteiger partial charge in [0.15, 0.2) is 34.6 Å². The van der Waals surface area contributed by atoms with Crippen LogP contribution in [0.3, 0.4) is 0 Å². The molecule has 2 aromatic carbocycles. The highest BCUT2D eigenvalue weighted by Crippen LogP contribution is 2.70. The van der Waals surface area contributed by atoms with Crippen LogP contribution in [0.5, 0.6) is 0 Å². The zero-order chi connectivity index (χ0) is 67.3. The number of carbonyl (C=O) groups is 4. The molecule has 0 radical (unpaired) electrons. The van der Waals surface area contributed by atoms with Gasteiger partial charge in [-0.3, -0.25) is 19.2 Å². The monoisotopic (exact) mass is 1390 g/mol. The van der Waals surface area contributed by atoms with Crippen LogP contribution < -0.4 is 0 Å². The van der Waals surface area contributed by atoms with Crippen molar-refractivity contribution >= 4 is 102 Å². The zero-order valence-electron chi connectivity index (χ0n) is 56.7. The number of ketones is 4. The van der Waals surface area contributed by atoms with E-state index in [1.807, 2.05) is 0 Å². The number of hydrogen-bond acceptors (Lipinski definition) is 14. The number of rotatable bonds is 5. The fraction of sp³-hybridized carbons (Fsp3) is 0.512. The van der Waals surface area contributed by atoms with Gasteiger partial charge < -0.3 is 0 Å². The molecular formula is C86H80N6O4S4. The molecule has 0 amide bonds. The summed E-state index contributed by atoms with van der Waals surface area (Å²) in [7, 11) is 0. The normalized spacial score (nSPS) is 31.4. The van der Waals surface area contributed by atoms with Crippen molar-refractivity contribution in [1.82, 2.24) is 0 Å². The van der Waals surface area contributed by atoms with Crippen LogP contribution in [-0.4, -0.2) is 34.6 Å². The molecule has 0 bridgehead atoms. The predicted molar refractivity (Wildman–Crippen MR) is 395 cm³/mol. The number of allylic oxidation sites excluding steroid dienone is 2. The number of Topliss-reactive ketones (excluding diaryl/α,β-unsaturated/α-hetero) is 4. The van der Waals surface area contributed by atoms with Gasteiger partial charge in [-0.2, -0.15) is 21.0 Å². The average Bonchev–Trinajstić information content (AvgIpc) is 1.52. The first kappa shape index (κ1) is 62.5. The summed E-state index contributed by atoms with van der Waals surface area (Å²) in [5, 5.41) is 41.5. The van der Waals surface area contributed by atoms with E-state index < -0.39 is 0 Å². The predicted octanol–water partition coefficient (Wildman–Crippen LogP) is 21.0. The highest BCUT2D eigenvalue weighted by atomic mass is 32.1. The number of fused-ring (bicyclic) bond motifs is 24. The standard InChI is InChI=1S/C86H80N6O4S4/c87-41-45(42-88)26-53-32-67-79(97-53)59-37-66-62(36-63(59)83(67)19-7-1-8-20-83)80-68(33-54(98-80)27-46(43-89)44-90)86(66)23-11-16-52(40-86)47-17-24-85(25-18-47)65-35-60-64(34-61(65)82-70(85)39-72(100-82)92-74-77(95)57-30-50-14-5-6-15-51(50)31-58(57)78(74)96)84(21-9-2-10-22-84)69-38-71(99-81(60)69)91-73-75(93)55-28-48-12-3-4-13-49(48)29-56(55)76(73)94/h26-27,32-39,47-52,55-58H,1-25,28-31,40H2. The van der Waals surface area contributed by atoms with Crippen molar-refractivity contribution in [3.8, 4) is 66.0 Å². The summed E-state index contributed by atoms with van der Waals surface area (Å²) >= 11 is 6.84. The number of aliphatic imine (C=N–C) groups is 2. The Morgan fingerprint density at radius 1 is 0.350 bits per heavy atom. The summed E-state index contributed by atoms with van der Waals surface area (Å²) < 4.78 is 0. The first-order valence-electron chi connectivity index (χ1n) is 38.2. The second-order valence-electron chi connectivity index (χ2n) is 33.4. The second-order valence-corrected chi connectivity index (χ2v) is 37.6. The third-order valence-electron chi connectivity index (χ3n) is 29.2. The molecule has 14 aliphatic rings. The molecule has 10 unspecified atom stereocenters. The van der Waals surface area contributed by atoms with E-state index in [1.165, 1.54) is 138 Å². The summed E-state index contributed by atoms with van der Waals surface area (Å²) in [4.78, 5) is 75.4. The van der Waals surface area contributed by atoms with Gasteiger partial charge in [0.2, 0.25) is 0 Å². The number of benzene rings is 2. The molecule has 0 saturated heterocycles. The Labute approximate surface area is 601 Å². The summed E-state index contributed by atoms with van der Waals surface area (Å²) in [6, 6.07) is 28.0. The number of nitrogens with zero attached hydrogens (tertiary/aromatic N) is 6. The number of carbonyl (C=O) groups excluding carboxylic acids is 4. The molecule has 10 nitrogen and oxygen atoms in total. The topological polar surface area (TPSA) is 188 Å². The summed E-state index contributed by atoms with van der Waals surface area (Å²) in [6.07, 6.45) is 35.8. The van der Waals surface area contributed by atoms with Gasteiger partial charge >= 0.3 is 0 Å². The van der Waals surface area contributed by atoms with E-state index in [0.29, 0.717) is 35.5 Å². The summed E-state index contributed by atoms with van der Waals surface area (Å²) in [5.41, 5.74) is 15.8. The Morgan fingerprint density at radius 3 is 1.07 bits per heavy atom. The van der Waals surface area contributed by atoms with E-state index in [2.05, 4.69) is 72.8 Å². The van der Waals surface area contributed by atoms with Crippen molar-refractivity contribution in [1.29, 1.82) is 21.0 Å². The smallest absolute Gasteiger partial charge is 0.188 e. The molecular weight excluding hydrogens is 1310 g/mol. The molecule has 4 aromatic heterocycles. The number of nitriles is 4. The third-order valence-corrected chi connectivity index (χ3v) is 33.6. The van der Waals surface area contributed by atoms with Crippen LogP contribution in [0.4, 0.5) is 10.0 Å². The van der Waals surface area contributed by atoms with Gasteiger partial charge in [-0.15, -0.1) is 45.3 Å². The van der Waals surface area contributed by atoms with Crippen LogP contribution in [0.1, 0.15) is 247 Å². The van der Waals surface area contributed by atoms with E-state index in [-0.39, 0.29) is 91.0 Å². The van der Waals surface area contributed by atoms with Crippen LogP contribution in [0, 0.1) is 105 Å². The Bertz CT molecular complexity index is 4870. The number of hydrogen-bond donors (Lipinski definition) is 0. The molecule has 100 heavy (non-hydrogen) atoms. The minimum atomic E-state index is -0.325. The molecule has 4 spiro atoms. The van der Waals surface area contributed by atoms with E-state index >= 15 is 0 Å². The lowest BCUT2D eigenvalue weighted by molar-refractivity contribution is -0.123. The fourth-order valence-electron chi connectivity index (χ4n) is 24.7. The first-order valence-corrected chi connectivity index (χ1v) is 41.5. The van der Waals surface area contributed by atoms with Crippen LogP contribution in [-0.2, 0) is 40.8 Å². The molecule has 0 aliphatic heterocycles. The second kappa shape index (κ2) is 23.1. The van der Waals surface area contributed by atoms with Crippen molar-refractivity contribution in [2.45, 2.75) is 214 Å². The zero-order valence-corrected chi connectivity index (χ0v) is 60.0. The van der Waals surface area contributed by atoms with Crippen molar-refractivity contribution in [3.05, 3.63) is 114 Å². The molecule has 10 atom stereocenters. The molecule has 14 aliphatic carbocycles. The molecule has 20 rings (SSSR count). The Balaban J connectivity index is 0.677. The lowest BCUT2D eigenvalue weighted by Gasteiger charge is -2.46. The van der Waals surface area contributed by atoms with Crippen molar-refractivity contribution < 1.29 is 19.2 Å². The van der Waals surface area contributed by atoms with Gasteiger partial charge in [-0.1, -0.05) is 103 Å². The maximum Gasteiger partial charge on any atom is 0.188 e. The van der Waals surface area contributed by atoms with Crippen LogP contribution in [0.2, 0.25) is 0 Å². The molecule has 0 N–H and O–H groups in total. The molecule has 6 aromatic rings. The lowest BCUT2D eigenvalue weighted by Crippen LogP contribution is -2.38. The first-order chi connectivity index (χ1) is 48.8. The Hall–Kier alpha value is -7.30. The molecule has 10 saturated carbocycles. The largest absolute Gasteiger partial charge is 0.292 e. The van der Waals surface area contributed by atoms with E-state index in [9.17, 15) is 40.2 Å². The van der Waals surface area contributed by atoms with Crippen LogP contribution >= 0.6 is 45.3 Å². The molecule has 10 fully saturated rings. The van der Waals surface area contributed by atoms with Crippen molar-refractivity contribution in [2.24, 2.45) is 69.2 Å². The highest BCUT2D eigenvalue weighted by molar-refractivity contribution is 7.20. The number of thiophene rings is 4. The third kappa shape index (κ3) is 8.88. The molecule has 14 heteroatoms. The Morgan fingerprint density at radius 2 is 0.680 bits per heavy atom. The highest BCUT2D eigenvalue weighted by Gasteiger charge is 2.58. The van der Waals surface area contributed by atoms with E-state index in [1.54, 1.807) is 57.5 Å². The van der Waals surface area contributed by atoms with Crippen LogP contribution in [0.15, 0.2) is 69.7 Å². The fourth-order valence-corrected chi connectivity index (χ4v) is 29.5. The molecule has 4 heterocycles. The minimum Gasteiger partial charge on any atom is -0.292 e. The van der Waals surface area contributed by atoms with Gasteiger partial charge in [0.25, 0.3) is 0 Å². The summed E-state index contributed by atoms with van der Waals surface area (Å²) in [5.74, 6) is 2.01. The average molecular weight is 1390 g/mol.